The molecule has 0 radical (unpaired) electrons. The van der Waals surface area contributed by atoms with Crippen LogP contribution in [0.4, 0.5) is 0 Å². The van der Waals surface area contributed by atoms with Gasteiger partial charge in [0.15, 0.2) is 0 Å². The lowest BCUT2D eigenvalue weighted by Crippen LogP contribution is -2.29. The van der Waals surface area contributed by atoms with Crippen molar-refractivity contribution < 1.29 is 14.8 Å². The molecule has 0 atom stereocenters. The first-order valence-corrected chi connectivity index (χ1v) is 5.92. The average Bonchev–Trinajstić information content (AvgIpc) is 2.29. The second-order valence-corrected chi connectivity index (χ2v) is 3.92. The van der Waals surface area contributed by atoms with Gasteiger partial charge in [0.25, 0.3) is 0 Å². The highest BCUT2D eigenvalue weighted by atomic mass is 35.5. The topological polar surface area (TPSA) is 49.7 Å². The highest BCUT2D eigenvalue weighted by molar-refractivity contribution is 6.58. The number of hydrogen-bond donors (Lipinski definition) is 2. The molecule has 0 bridgehead atoms. The zero-order valence-corrected chi connectivity index (χ0v) is 9.86. The van der Waals surface area contributed by atoms with Gasteiger partial charge < -0.3 is 14.8 Å². The van der Waals surface area contributed by atoms with Crippen LogP contribution in [-0.4, -0.2) is 29.7 Å². The average molecular weight is 243 g/mol. The molecule has 0 aliphatic carbocycles. The van der Waals surface area contributed by atoms with Crippen LogP contribution in [-0.2, 0) is 0 Å². The van der Waals surface area contributed by atoms with Gasteiger partial charge in [0.05, 0.1) is 6.61 Å². The molecule has 0 unspecified atom stereocenters. The predicted octanol–water partition coefficient (Wildman–Crippen LogP) is 1.15. The standard InChI is InChI=1S/C11H16BClO3/c13-8-2-1-3-9-16-11-6-4-10(5-7-11)12(14)15/h4-7,14-15H,1-3,8-9H2. The zero-order chi connectivity index (χ0) is 11.8. The summed E-state index contributed by atoms with van der Waals surface area (Å²) in [5, 5.41) is 17.8. The third-order valence-electron chi connectivity index (χ3n) is 2.22. The van der Waals surface area contributed by atoms with Crippen molar-refractivity contribution in [2.24, 2.45) is 0 Å². The Hall–Kier alpha value is -0.705. The van der Waals surface area contributed by atoms with Gasteiger partial charge in [0.1, 0.15) is 5.75 Å². The summed E-state index contributed by atoms with van der Waals surface area (Å²) in [4.78, 5) is 0. The number of halogens is 1. The van der Waals surface area contributed by atoms with Crippen molar-refractivity contribution in [1.82, 2.24) is 0 Å². The molecule has 0 aliphatic heterocycles. The van der Waals surface area contributed by atoms with Crippen LogP contribution in [0.1, 0.15) is 19.3 Å². The van der Waals surface area contributed by atoms with Gasteiger partial charge in [-0.05, 0) is 36.9 Å². The van der Waals surface area contributed by atoms with E-state index in [2.05, 4.69) is 0 Å². The molecule has 3 nitrogen and oxygen atoms in total. The lowest BCUT2D eigenvalue weighted by molar-refractivity contribution is 0.306. The fraction of sp³-hybridized carbons (Fsp3) is 0.455. The molecular formula is C11H16BClO3. The van der Waals surface area contributed by atoms with E-state index < -0.39 is 7.12 Å². The van der Waals surface area contributed by atoms with E-state index in [4.69, 9.17) is 26.4 Å². The first-order chi connectivity index (χ1) is 7.74. The molecule has 0 aromatic heterocycles. The smallest absolute Gasteiger partial charge is 0.488 e. The molecule has 1 rings (SSSR count). The van der Waals surface area contributed by atoms with Crippen LogP contribution in [0.5, 0.6) is 5.75 Å². The Morgan fingerprint density at radius 2 is 1.75 bits per heavy atom. The summed E-state index contributed by atoms with van der Waals surface area (Å²) in [5.41, 5.74) is 0.467. The Labute approximate surface area is 101 Å². The Bertz CT molecular complexity index is 290. The Morgan fingerprint density at radius 1 is 1.06 bits per heavy atom. The molecule has 0 amide bonds. The second kappa shape index (κ2) is 7.55. The van der Waals surface area contributed by atoms with Gasteiger partial charge in [-0.15, -0.1) is 11.6 Å². The third-order valence-corrected chi connectivity index (χ3v) is 2.49. The van der Waals surface area contributed by atoms with E-state index in [1.54, 1.807) is 24.3 Å². The lowest BCUT2D eigenvalue weighted by atomic mass is 9.80. The van der Waals surface area contributed by atoms with E-state index in [1.807, 2.05) is 0 Å². The molecule has 0 spiro atoms. The van der Waals surface area contributed by atoms with Crippen LogP contribution < -0.4 is 10.2 Å². The van der Waals surface area contributed by atoms with Crippen molar-refractivity contribution in [2.45, 2.75) is 19.3 Å². The monoisotopic (exact) mass is 242 g/mol. The highest BCUT2D eigenvalue weighted by Crippen LogP contribution is 2.09. The van der Waals surface area contributed by atoms with Crippen molar-refractivity contribution >= 4 is 24.2 Å². The number of ether oxygens (including phenoxy) is 1. The number of benzene rings is 1. The molecule has 0 heterocycles. The summed E-state index contributed by atoms with van der Waals surface area (Å²) < 4.78 is 5.48. The number of unbranched alkanes of at least 4 members (excludes halogenated alkanes) is 2. The van der Waals surface area contributed by atoms with Crippen molar-refractivity contribution in [3.63, 3.8) is 0 Å². The van der Waals surface area contributed by atoms with Crippen molar-refractivity contribution in [3.8, 4) is 5.75 Å². The Balaban J connectivity index is 2.27. The van der Waals surface area contributed by atoms with Gasteiger partial charge in [0, 0.05) is 5.88 Å². The lowest BCUT2D eigenvalue weighted by Gasteiger charge is -2.06. The summed E-state index contributed by atoms with van der Waals surface area (Å²) in [7, 11) is -1.42. The molecule has 5 heteroatoms. The van der Waals surface area contributed by atoms with Crippen molar-refractivity contribution in [2.75, 3.05) is 12.5 Å². The maximum atomic E-state index is 8.89. The van der Waals surface area contributed by atoms with Crippen LogP contribution in [0.2, 0.25) is 0 Å². The van der Waals surface area contributed by atoms with Gasteiger partial charge in [-0.25, -0.2) is 0 Å². The molecule has 0 aliphatic rings. The summed E-state index contributed by atoms with van der Waals surface area (Å²) >= 11 is 5.56. The minimum Gasteiger partial charge on any atom is -0.494 e. The van der Waals surface area contributed by atoms with Gasteiger partial charge in [-0.2, -0.15) is 0 Å². The quantitative estimate of drug-likeness (QED) is 0.428. The minimum absolute atomic E-state index is 0.467. The second-order valence-electron chi connectivity index (χ2n) is 3.54. The maximum Gasteiger partial charge on any atom is 0.488 e. The summed E-state index contributed by atoms with van der Waals surface area (Å²) in [6.45, 7) is 0.665. The largest absolute Gasteiger partial charge is 0.494 e. The highest BCUT2D eigenvalue weighted by Gasteiger charge is 2.09. The third kappa shape index (κ3) is 4.88. The van der Waals surface area contributed by atoms with E-state index >= 15 is 0 Å². The molecule has 88 valence electrons. The van der Waals surface area contributed by atoms with Crippen LogP contribution in [0.3, 0.4) is 0 Å². The van der Waals surface area contributed by atoms with E-state index in [9.17, 15) is 0 Å². The summed E-state index contributed by atoms with van der Waals surface area (Å²) in [6.07, 6.45) is 3.06. The van der Waals surface area contributed by atoms with Crippen LogP contribution in [0, 0.1) is 0 Å². The maximum absolute atomic E-state index is 8.89. The number of alkyl halides is 1. The predicted molar refractivity (Wildman–Crippen MR) is 66.3 cm³/mol. The first-order valence-electron chi connectivity index (χ1n) is 5.39. The normalized spacial score (nSPS) is 10.2. The molecule has 1 aromatic rings. The SMILES string of the molecule is OB(O)c1ccc(OCCCCCCl)cc1. The zero-order valence-electron chi connectivity index (χ0n) is 9.10. The number of rotatable bonds is 7. The minimum atomic E-state index is -1.42. The fourth-order valence-electron chi connectivity index (χ4n) is 1.30. The fourth-order valence-corrected chi connectivity index (χ4v) is 1.49. The molecule has 1 aromatic carbocycles. The van der Waals surface area contributed by atoms with E-state index in [0.29, 0.717) is 17.9 Å². The Kier molecular flexibility index (Phi) is 6.30. The van der Waals surface area contributed by atoms with Gasteiger partial charge in [-0.3, -0.25) is 0 Å². The van der Waals surface area contributed by atoms with Gasteiger partial charge in [-0.1, -0.05) is 12.1 Å². The number of hydrogen-bond acceptors (Lipinski definition) is 3. The Morgan fingerprint density at radius 3 is 2.31 bits per heavy atom. The van der Waals surface area contributed by atoms with Gasteiger partial charge in [0.2, 0.25) is 0 Å². The van der Waals surface area contributed by atoms with Crippen LogP contribution >= 0.6 is 11.6 Å². The van der Waals surface area contributed by atoms with Crippen molar-refractivity contribution in [3.05, 3.63) is 24.3 Å². The van der Waals surface area contributed by atoms with Crippen LogP contribution in [0.15, 0.2) is 24.3 Å². The van der Waals surface area contributed by atoms with E-state index in [0.717, 1.165) is 25.0 Å². The van der Waals surface area contributed by atoms with E-state index in [1.165, 1.54) is 0 Å². The molecule has 2 N–H and O–H groups in total. The van der Waals surface area contributed by atoms with E-state index in [-0.39, 0.29) is 0 Å². The molecule has 0 saturated heterocycles. The summed E-state index contributed by atoms with van der Waals surface area (Å²) in [5.74, 6) is 1.44. The van der Waals surface area contributed by atoms with Crippen molar-refractivity contribution in [1.29, 1.82) is 0 Å². The van der Waals surface area contributed by atoms with Gasteiger partial charge >= 0.3 is 7.12 Å². The molecule has 0 fully saturated rings. The molecule has 0 saturated carbocycles. The molecule has 16 heavy (non-hydrogen) atoms. The van der Waals surface area contributed by atoms with Crippen LogP contribution in [0.25, 0.3) is 0 Å². The molecular weight excluding hydrogens is 226 g/mol. The summed E-state index contributed by atoms with van der Waals surface area (Å²) in [6, 6.07) is 6.74. The first kappa shape index (κ1) is 13.4.